The molecule has 1 aliphatic rings. The lowest BCUT2D eigenvalue weighted by Crippen LogP contribution is -2.40. The summed E-state index contributed by atoms with van der Waals surface area (Å²) in [6.07, 6.45) is 3.28. The van der Waals surface area contributed by atoms with Crippen LogP contribution in [0.3, 0.4) is 0 Å². The van der Waals surface area contributed by atoms with Crippen LogP contribution in [0, 0.1) is 0 Å². The van der Waals surface area contributed by atoms with Gasteiger partial charge in [-0.25, -0.2) is 15.0 Å². The molecule has 0 bridgehead atoms. The number of oxazole rings is 1. The van der Waals surface area contributed by atoms with Crippen molar-refractivity contribution in [1.82, 2.24) is 20.3 Å². The van der Waals surface area contributed by atoms with E-state index in [0.29, 0.717) is 5.92 Å². The molecular formula is C14H12N4O. The zero-order chi connectivity index (χ0) is 12.7. The number of benzene rings is 1. The van der Waals surface area contributed by atoms with Crippen molar-refractivity contribution in [3.05, 3.63) is 42.7 Å². The van der Waals surface area contributed by atoms with Gasteiger partial charge in [-0.2, -0.15) is 0 Å². The summed E-state index contributed by atoms with van der Waals surface area (Å²) < 4.78 is 5.33. The Labute approximate surface area is 109 Å². The molecule has 5 nitrogen and oxygen atoms in total. The highest BCUT2D eigenvalue weighted by atomic mass is 16.3. The largest absolute Gasteiger partial charge is 0.443 e. The molecule has 0 unspecified atom stereocenters. The monoisotopic (exact) mass is 252 g/mol. The molecule has 1 aromatic carbocycles. The van der Waals surface area contributed by atoms with E-state index >= 15 is 0 Å². The minimum atomic E-state index is 0.439. The Bertz CT molecular complexity index is 733. The third-order valence-corrected chi connectivity index (χ3v) is 3.45. The van der Waals surface area contributed by atoms with Gasteiger partial charge in [0.1, 0.15) is 11.3 Å². The van der Waals surface area contributed by atoms with Gasteiger partial charge in [-0.1, -0.05) is 6.07 Å². The first-order valence-corrected chi connectivity index (χ1v) is 6.27. The normalized spacial score (nSPS) is 15.6. The van der Waals surface area contributed by atoms with Crippen molar-refractivity contribution in [3.8, 4) is 11.3 Å². The third kappa shape index (κ3) is 1.79. The first kappa shape index (κ1) is 10.6. The molecule has 0 saturated carbocycles. The number of nitrogens with one attached hydrogen (secondary N) is 1. The highest BCUT2D eigenvalue weighted by molar-refractivity contribution is 5.78. The lowest BCUT2D eigenvalue weighted by atomic mass is 10.0. The summed E-state index contributed by atoms with van der Waals surface area (Å²) in [7, 11) is 0. The molecule has 0 spiro atoms. The molecule has 0 amide bonds. The van der Waals surface area contributed by atoms with Crippen LogP contribution in [0.5, 0.6) is 0 Å². The summed E-state index contributed by atoms with van der Waals surface area (Å²) in [6, 6.07) is 7.84. The Morgan fingerprint density at radius 1 is 1.16 bits per heavy atom. The standard InChI is InChI=1S/C14H12N4O/c1-2-12-13(19-8-17-12)5-9(1)11-3-4-16-14(18-11)10-6-15-7-10/h1-5,8,10,15H,6-7H2. The molecule has 0 aliphatic carbocycles. The maximum Gasteiger partial charge on any atom is 0.181 e. The van der Waals surface area contributed by atoms with Crippen molar-refractivity contribution < 1.29 is 4.42 Å². The zero-order valence-electron chi connectivity index (χ0n) is 10.2. The molecule has 3 aromatic rings. The number of nitrogens with zero attached hydrogens (tertiary/aromatic N) is 3. The molecule has 94 valence electrons. The highest BCUT2D eigenvalue weighted by Gasteiger charge is 2.21. The molecular weight excluding hydrogens is 240 g/mol. The second-order valence-corrected chi connectivity index (χ2v) is 4.69. The first-order valence-electron chi connectivity index (χ1n) is 6.27. The Balaban J connectivity index is 1.77. The van der Waals surface area contributed by atoms with Crippen LogP contribution in [0.15, 0.2) is 41.3 Å². The van der Waals surface area contributed by atoms with Gasteiger partial charge in [0.15, 0.2) is 12.0 Å². The van der Waals surface area contributed by atoms with E-state index in [2.05, 4.69) is 20.3 Å². The molecule has 1 aliphatic heterocycles. The van der Waals surface area contributed by atoms with Crippen LogP contribution in [0.25, 0.3) is 22.4 Å². The Hall–Kier alpha value is -2.27. The first-order chi connectivity index (χ1) is 9.40. The lowest BCUT2D eigenvalue weighted by molar-refractivity contribution is 0.430. The quantitative estimate of drug-likeness (QED) is 0.755. The molecule has 1 fully saturated rings. The van der Waals surface area contributed by atoms with Crippen molar-refractivity contribution in [2.75, 3.05) is 13.1 Å². The average Bonchev–Trinajstić information content (AvgIpc) is 2.84. The Morgan fingerprint density at radius 3 is 2.95 bits per heavy atom. The maximum absolute atomic E-state index is 5.33. The number of hydrogen-bond donors (Lipinski definition) is 1. The van der Waals surface area contributed by atoms with Gasteiger partial charge in [-0.3, -0.25) is 0 Å². The van der Waals surface area contributed by atoms with Crippen LogP contribution in [0.4, 0.5) is 0 Å². The number of hydrogen-bond acceptors (Lipinski definition) is 5. The third-order valence-electron chi connectivity index (χ3n) is 3.45. The number of rotatable bonds is 2. The van der Waals surface area contributed by atoms with Gasteiger partial charge in [0.05, 0.1) is 5.69 Å². The van der Waals surface area contributed by atoms with E-state index in [-0.39, 0.29) is 0 Å². The SMILES string of the molecule is c1cc(-c2ccc3ncoc3c2)nc(C2CNC2)n1. The van der Waals surface area contributed by atoms with E-state index in [4.69, 9.17) is 4.42 Å². The van der Waals surface area contributed by atoms with Crippen molar-refractivity contribution in [2.24, 2.45) is 0 Å². The summed E-state index contributed by atoms with van der Waals surface area (Å²) in [5.74, 6) is 1.35. The number of fused-ring (bicyclic) bond motifs is 1. The predicted molar refractivity (Wildman–Crippen MR) is 70.6 cm³/mol. The molecule has 0 radical (unpaired) electrons. The van der Waals surface area contributed by atoms with Crippen molar-refractivity contribution in [2.45, 2.75) is 5.92 Å². The van der Waals surface area contributed by atoms with Gasteiger partial charge in [0.2, 0.25) is 0 Å². The fraction of sp³-hybridized carbons (Fsp3) is 0.214. The Kier molecular flexibility index (Phi) is 2.31. The molecule has 2 aromatic heterocycles. The van der Waals surface area contributed by atoms with Gasteiger partial charge in [-0.05, 0) is 18.2 Å². The van der Waals surface area contributed by atoms with E-state index in [0.717, 1.165) is 41.3 Å². The van der Waals surface area contributed by atoms with E-state index < -0.39 is 0 Å². The summed E-state index contributed by atoms with van der Waals surface area (Å²) >= 11 is 0. The highest BCUT2D eigenvalue weighted by Crippen LogP contribution is 2.24. The molecule has 3 heterocycles. The van der Waals surface area contributed by atoms with Gasteiger partial charge < -0.3 is 9.73 Å². The minimum Gasteiger partial charge on any atom is -0.443 e. The van der Waals surface area contributed by atoms with Gasteiger partial charge >= 0.3 is 0 Å². The molecule has 1 saturated heterocycles. The molecule has 5 heteroatoms. The second-order valence-electron chi connectivity index (χ2n) is 4.69. The van der Waals surface area contributed by atoms with Crippen molar-refractivity contribution in [3.63, 3.8) is 0 Å². The average molecular weight is 252 g/mol. The van der Waals surface area contributed by atoms with Crippen LogP contribution in [-0.4, -0.2) is 28.0 Å². The fourth-order valence-electron chi connectivity index (χ4n) is 2.22. The molecule has 1 N–H and O–H groups in total. The second kappa shape index (κ2) is 4.13. The van der Waals surface area contributed by atoms with E-state index in [1.165, 1.54) is 6.39 Å². The van der Waals surface area contributed by atoms with Gasteiger partial charge in [0.25, 0.3) is 0 Å². The zero-order valence-corrected chi connectivity index (χ0v) is 10.2. The van der Waals surface area contributed by atoms with E-state index in [9.17, 15) is 0 Å². The lowest BCUT2D eigenvalue weighted by Gasteiger charge is -2.25. The molecule has 4 rings (SSSR count). The Morgan fingerprint density at radius 2 is 2.11 bits per heavy atom. The summed E-state index contributed by atoms with van der Waals surface area (Å²) in [5.41, 5.74) is 3.60. The predicted octanol–water partition coefficient (Wildman–Crippen LogP) is 1.97. The molecule has 0 atom stereocenters. The van der Waals surface area contributed by atoms with Crippen LogP contribution in [-0.2, 0) is 0 Å². The summed E-state index contributed by atoms with van der Waals surface area (Å²) in [5, 5.41) is 3.24. The minimum absolute atomic E-state index is 0.439. The maximum atomic E-state index is 5.33. The van der Waals surface area contributed by atoms with Crippen LogP contribution in [0.1, 0.15) is 11.7 Å². The van der Waals surface area contributed by atoms with E-state index in [1.807, 2.05) is 30.5 Å². The fourth-order valence-corrected chi connectivity index (χ4v) is 2.22. The van der Waals surface area contributed by atoms with Crippen LogP contribution in [0.2, 0.25) is 0 Å². The van der Waals surface area contributed by atoms with Gasteiger partial charge in [0, 0.05) is 30.8 Å². The summed E-state index contributed by atoms with van der Waals surface area (Å²) in [4.78, 5) is 13.1. The molecule has 19 heavy (non-hydrogen) atoms. The van der Waals surface area contributed by atoms with Crippen LogP contribution >= 0.6 is 0 Å². The topological polar surface area (TPSA) is 63.8 Å². The van der Waals surface area contributed by atoms with E-state index in [1.54, 1.807) is 0 Å². The summed E-state index contributed by atoms with van der Waals surface area (Å²) in [6.45, 7) is 1.93. The van der Waals surface area contributed by atoms with Crippen molar-refractivity contribution in [1.29, 1.82) is 0 Å². The van der Waals surface area contributed by atoms with Crippen LogP contribution < -0.4 is 5.32 Å². The van der Waals surface area contributed by atoms with Crippen molar-refractivity contribution >= 4 is 11.1 Å². The number of aromatic nitrogens is 3. The van der Waals surface area contributed by atoms with Gasteiger partial charge in [-0.15, -0.1) is 0 Å². The smallest absolute Gasteiger partial charge is 0.181 e.